The number of anilines is 1. The molecule has 2 aromatic rings. The second-order valence-corrected chi connectivity index (χ2v) is 8.72. The number of hydrogen-bond donors (Lipinski definition) is 3. The fraction of sp³-hybridized carbons (Fsp3) is 0.316. The predicted molar refractivity (Wildman–Crippen MR) is 111 cm³/mol. The van der Waals surface area contributed by atoms with Gasteiger partial charge in [-0.15, -0.1) is 11.3 Å². The lowest BCUT2D eigenvalue weighted by Crippen LogP contribution is -2.34. The van der Waals surface area contributed by atoms with Crippen LogP contribution in [-0.4, -0.2) is 16.9 Å². The summed E-state index contributed by atoms with van der Waals surface area (Å²) in [6.07, 6.45) is 0. The maximum Gasteiger partial charge on any atom is 0.257 e. The van der Waals surface area contributed by atoms with Gasteiger partial charge in [-0.1, -0.05) is 32.9 Å². The third-order valence-electron chi connectivity index (χ3n) is 4.10. The third-order valence-corrected chi connectivity index (χ3v) is 5.43. The molecule has 1 aromatic carbocycles. The first-order chi connectivity index (χ1) is 12.0. The molecule has 1 aromatic heterocycles. The number of nitrogens with one attached hydrogen (secondary N) is 2. The number of carbonyl (C=O) groups is 2. The standard InChI is InChI=1S/C19H23N3O2S2/c1-10-11(2)26-17(14(10)15(20)23)22-18(25)21-16(24)12-6-8-13(9-7-12)19(3,4)5/h6-9H,1-5H3,(H2,20,23)(H2,21,22,24,25). The molecule has 5 nitrogen and oxygen atoms in total. The molecule has 0 bridgehead atoms. The van der Waals surface area contributed by atoms with Crippen LogP contribution in [0.15, 0.2) is 24.3 Å². The van der Waals surface area contributed by atoms with Crippen LogP contribution in [0.3, 0.4) is 0 Å². The molecule has 0 aliphatic rings. The van der Waals surface area contributed by atoms with E-state index < -0.39 is 5.91 Å². The van der Waals surface area contributed by atoms with Gasteiger partial charge < -0.3 is 11.1 Å². The Bertz CT molecular complexity index is 862. The Balaban J connectivity index is 2.10. The number of primary amides is 1. The highest BCUT2D eigenvalue weighted by Gasteiger charge is 2.19. The lowest BCUT2D eigenvalue weighted by molar-refractivity contribution is 0.0975. The number of benzene rings is 1. The summed E-state index contributed by atoms with van der Waals surface area (Å²) in [7, 11) is 0. The molecular formula is C19H23N3O2S2. The van der Waals surface area contributed by atoms with Crippen molar-refractivity contribution in [3.05, 3.63) is 51.4 Å². The molecule has 0 fully saturated rings. The van der Waals surface area contributed by atoms with E-state index in [1.165, 1.54) is 11.3 Å². The molecule has 0 saturated carbocycles. The monoisotopic (exact) mass is 389 g/mol. The van der Waals surface area contributed by atoms with Crippen LogP contribution in [0.5, 0.6) is 0 Å². The Labute approximate surface area is 163 Å². The van der Waals surface area contributed by atoms with Crippen LogP contribution in [0.1, 0.15) is 57.5 Å². The van der Waals surface area contributed by atoms with Crippen LogP contribution in [0, 0.1) is 13.8 Å². The molecule has 0 spiro atoms. The zero-order chi connectivity index (χ0) is 19.6. The van der Waals surface area contributed by atoms with Crippen molar-refractivity contribution >= 4 is 45.5 Å². The average molecular weight is 390 g/mol. The average Bonchev–Trinajstić information content (AvgIpc) is 2.80. The molecule has 0 unspecified atom stereocenters. The minimum absolute atomic E-state index is 0.0198. The van der Waals surface area contributed by atoms with Gasteiger partial charge in [0.1, 0.15) is 5.00 Å². The number of nitrogens with two attached hydrogens (primary N) is 1. The van der Waals surface area contributed by atoms with E-state index in [0.717, 1.165) is 16.0 Å². The molecule has 0 aliphatic carbocycles. The minimum Gasteiger partial charge on any atom is -0.365 e. The van der Waals surface area contributed by atoms with Crippen molar-refractivity contribution in [1.82, 2.24) is 5.32 Å². The Kier molecular flexibility index (Phi) is 5.83. The summed E-state index contributed by atoms with van der Waals surface area (Å²) in [6, 6.07) is 7.41. The normalized spacial score (nSPS) is 11.1. The predicted octanol–water partition coefficient (Wildman–Crippen LogP) is 3.89. The first-order valence-corrected chi connectivity index (χ1v) is 9.36. The zero-order valence-electron chi connectivity index (χ0n) is 15.5. The van der Waals surface area contributed by atoms with Crippen molar-refractivity contribution in [2.75, 3.05) is 5.32 Å². The van der Waals surface area contributed by atoms with Gasteiger partial charge in [0.15, 0.2) is 5.11 Å². The van der Waals surface area contributed by atoms with E-state index in [1.807, 2.05) is 26.0 Å². The van der Waals surface area contributed by atoms with Crippen molar-refractivity contribution in [2.45, 2.75) is 40.0 Å². The molecule has 2 amide bonds. The van der Waals surface area contributed by atoms with E-state index in [-0.39, 0.29) is 16.4 Å². The highest BCUT2D eigenvalue weighted by molar-refractivity contribution is 7.80. The summed E-state index contributed by atoms with van der Waals surface area (Å²) in [4.78, 5) is 25.0. The van der Waals surface area contributed by atoms with Crippen LogP contribution in [-0.2, 0) is 5.41 Å². The summed E-state index contributed by atoms with van der Waals surface area (Å²) in [6.45, 7) is 10.1. The quantitative estimate of drug-likeness (QED) is 0.696. The van der Waals surface area contributed by atoms with Crippen molar-refractivity contribution in [1.29, 1.82) is 0 Å². The van der Waals surface area contributed by atoms with Gasteiger partial charge in [0.05, 0.1) is 5.56 Å². The summed E-state index contributed by atoms with van der Waals surface area (Å²) >= 11 is 6.58. The second-order valence-electron chi connectivity index (χ2n) is 7.09. The van der Waals surface area contributed by atoms with Crippen molar-refractivity contribution in [2.24, 2.45) is 5.73 Å². The summed E-state index contributed by atoms with van der Waals surface area (Å²) < 4.78 is 0. The first kappa shape index (κ1) is 20.1. The Morgan fingerprint density at radius 1 is 1.12 bits per heavy atom. The smallest absolute Gasteiger partial charge is 0.257 e. The van der Waals surface area contributed by atoms with E-state index in [9.17, 15) is 9.59 Å². The van der Waals surface area contributed by atoms with Crippen molar-refractivity contribution in [3.63, 3.8) is 0 Å². The molecule has 0 aliphatic heterocycles. The van der Waals surface area contributed by atoms with E-state index >= 15 is 0 Å². The molecule has 7 heteroatoms. The van der Waals surface area contributed by atoms with Crippen LogP contribution < -0.4 is 16.4 Å². The number of carbonyl (C=O) groups excluding carboxylic acids is 2. The first-order valence-electron chi connectivity index (χ1n) is 8.13. The van der Waals surface area contributed by atoms with Crippen LogP contribution in [0.25, 0.3) is 0 Å². The molecule has 0 radical (unpaired) electrons. The largest absolute Gasteiger partial charge is 0.365 e. The van der Waals surface area contributed by atoms with Gasteiger partial charge in [0.25, 0.3) is 11.8 Å². The number of hydrogen-bond acceptors (Lipinski definition) is 4. The zero-order valence-corrected chi connectivity index (χ0v) is 17.2. The Morgan fingerprint density at radius 2 is 1.69 bits per heavy atom. The Hall–Kier alpha value is -2.25. The molecule has 4 N–H and O–H groups in total. The number of thiophene rings is 1. The summed E-state index contributed by atoms with van der Waals surface area (Å²) in [5.41, 5.74) is 8.33. The van der Waals surface area contributed by atoms with Crippen molar-refractivity contribution < 1.29 is 9.59 Å². The number of thiocarbonyl (C=S) groups is 1. The maximum atomic E-state index is 12.4. The lowest BCUT2D eigenvalue weighted by atomic mass is 9.87. The molecule has 0 atom stereocenters. The van der Waals surface area contributed by atoms with Gasteiger partial charge in [-0.25, -0.2) is 0 Å². The fourth-order valence-corrected chi connectivity index (χ4v) is 3.77. The molecule has 138 valence electrons. The van der Waals surface area contributed by atoms with E-state index in [1.54, 1.807) is 12.1 Å². The topological polar surface area (TPSA) is 84.2 Å². The van der Waals surface area contributed by atoms with E-state index in [4.69, 9.17) is 18.0 Å². The molecular weight excluding hydrogens is 366 g/mol. The summed E-state index contributed by atoms with van der Waals surface area (Å²) in [5.74, 6) is -0.838. The van der Waals surface area contributed by atoms with Crippen LogP contribution in [0.2, 0.25) is 0 Å². The van der Waals surface area contributed by atoms with Gasteiger partial charge in [-0.05, 0) is 54.7 Å². The van der Waals surface area contributed by atoms with Gasteiger partial charge in [0.2, 0.25) is 0 Å². The number of amides is 2. The Morgan fingerprint density at radius 3 is 2.19 bits per heavy atom. The number of rotatable bonds is 3. The fourth-order valence-electron chi connectivity index (χ4n) is 2.44. The van der Waals surface area contributed by atoms with Crippen LogP contribution >= 0.6 is 23.6 Å². The molecule has 0 saturated heterocycles. The number of aryl methyl sites for hydroxylation is 1. The van der Waals surface area contributed by atoms with E-state index in [0.29, 0.717) is 16.1 Å². The van der Waals surface area contributed by atoms with Gasteiger partial charge in [-0.3, -0.25) is 14.9 Å². The van der Waals surface area contributed by atoms with Gasteiger partial charge in [0, 0.05) is 10.4 Å². The van der Waals surface area contributed by atoms with E-state index in [2.05, 4.69) is 31.4 Å². The summed E-state index contributed by atoms with van der Waals surface area (Å²) in [5, 5.41) is 6.21. The van der Waals surface area contributed by atoms with Crippen LogP contribution in [0.4, 0.5) is 5.00 Å². The van der Waals surface area contributed by atoms with Gasteiger partial charge >= 0.3 is 0 Å². The highest BCUT2D eigenvalue weighted by atomic mass is 32.1. The second kappa shape index (κ2) is 7.55. The molecule has 1 heterocycles. The highest BCUT2D eigenvalue weighted by Crippen LogP contribution is 2.32. The third kappa shape index (κ3) is 4.47. The molecule has 2 rings (SSSR count). The lowest BCUT2D eigenvalue weighted by Gasteiger charge is -2.19. The van der Waals surface area contributed by atoms with Crippen molar-refractivity contribution in [3.8, 4) is 0 Å². The maximum absolute atomic E-state index is 12.4. The SMILES string of the molecule is Cc1sc(NC(=S)NC(=O)c2ccc(C(C)(C)C)cc2)c(C(N)=O)c1C. The van der Waals surface area contributed by atoms with Gasteiger partial charge in [-0.2, -0.15) is 0 Å². The molecule has 26 heavy (non-hydrogen) atoms. The minimum atomic E-state index is -0.527.